The molecule has 5 rings (SSSR count). The minimum absolute atomic E-state index is 0.0341. The minimum atomic E-state index is -0.161. The van der Waals surface area contributed by atoms with Crippen LogP contribution in [-0.2, 0) is 17.8 Å². The van der Waals surface area contributed by atoms with Crippen molar-refractivity contribution in [1.82, 2.24) is 9.80 Å². The first-order valence-corrected chi connectivity index (χ1v) is 11.6. The average Bonchev–Trinajstić information content (AvgIpc) is 3.44. The molecule has 1 aliphatic heterocycles. The summed E-state index contributed by atoms with van der Waals surface area (Å²) in [6, 6.07) is 19.1. The Hall–Kier alpha value is -3.74. The van der Waals surface area contributed by atoms with E-state index in [2.05, 4.69) is 12.1 Å². The zero-order valence-corrected chi connectivity index (χ0v) is 19.2. The third-order valence-corrected chi connectivity index (χ3v) is 6.18. The van der Waals surface area contributed by atoms with Crippen LogP contribution >= 0.6 is 0 Å². The minimum Gasteiger partial charge on any atom is -0.464 e. The molecule has 0 radical (unpaired) electrons. The molecule has 0 saturated heterocycles. The highest BCUT2D eigenvalue weighted by Crippen LogP contribution is 2.34. The quantitative estimate of drug-likeness (QED) is 0.479. The highest BCUT2D eigenvalue weighted by atomic mass is 16.7. The highest BCUT2D eigenvalue weighted by molar-refractivity contribution is 5.97. The van der Waals surface area contributed by atoms with Crippen molar-refractivity contribution < 1.29 is 23.5 Å². The van der Waals surface area contributed by atoms with Gasteiger partial charge in [-0.2, -0.15) is 0 Å². The molecule has 0 atom stereocenters. The molecule has 1 aromatic heterocycles. The van der Waals surface area contributed by atoms with E-state index in [9.17, 15) is 9.59 Å². The monoisotopic (exact) mass is 460 g/mol. The Morgan fingerprint density at radius 2 is 1.76 bits per heavy atom. The van der Waals surface area contributed by atoms with Crippen LogP contribution in [0.4, 0.5) is 0 Å². The predicted molar refractivity (Wildman–Crippen MR) is 126 cm³/mol. The molecule has 176 valence electrons. The van der Waals surface area contributed by atoms with Gasteiger partial charge in [0.05, 0.1) is 6.54 Å². The second-order valence-corrected chi connectivity index (χ2v) is 8.80. The molecule has 2 heterocycles. The van der Waals surface area contributed by atoms with Gasteiger partial charge in [-0.25, -0.2) is 0 Å². The lowest BCUT2D eigenvalue weighted by Gasteiger charge is -2.27. The van der Waals surface area contributed by atoms with Crippen LogP contribution in [0, 0.1) is 6.92 Å². The summed E-state index contributed by atoms with van der Waals surface area (Å²) in [7, 11) is 0. The van der Waals surface area contributed by atoms with Crippen molar-refractivity contribution in [2.45, 2.75) is 38.8 Å². The summed E-state index contributed by atoms with van der Waals surface area (Å²) in [6.45, 7) is 2.99. The van der Waals surface area contributed by atoms with Crippen LogP contribution < -0.4 is 9.47 Å². The Bertz CT molecular complexity index is 1170. The Kier molecular flexibility index (Phi) is 6.25. The van der Waals surface area contributed by atoms with Crippen LogP contribution in [0.1, 0.15) is 40.3 Å². The van der Waals surface area contributed by atoms with Gasteiger partial charge in [0.1, 0.15) is 18.1 Å². The molecule has 1 aliphatic carbocycles. The van der Waals surface area contributed by atoms with Crippen LogP contribution in [0.25, 0.3) is 0 Å². The van der Waals surface area contributed by atoms with Crippen molar-refractivity contribution in [3.63, 3.8) is 0 Å². The van der Waals surface area contributed by atoms with E-state index >= 15 is 0 Å². The number of ether oxygens (including phenoxy) is 2. The third-order valence-electron chi connectivity index (χ3n) is 6.18. The Labute approximate surface area is 198 Å². The number of hydrogen-bond acceptors (Lipinski definition) is 5. The van der Waals surface area contributed by atoms with Crippen LogP contribution in [0.2, 0.25) is 0 Å². The van der Waals surface area contributed by atoms with Crippen molar-refractivity contribution in [2.75, 3.05) is 19.9 Å². The molecular weight excluding hydrogens is 432 g/mol. The zero-order chi connectivity index (χ0) is 23.5. The first kappa shape index (κ1) is 22.1. The van der Waals surface area contributed by atoms with Gasteiger partial charge in [-0.15, -0.1) is 0 Å². The van der Waals surface area contributed by atoms with Crippen molar-refractivity contribution >= 4 is 11.8 Å². The highest BCUT2D eigenvalue weighted by Gasteiger charge is 2.36. The summed E-state index contributed by atoms with van der Waals surface area (Å²) in [4.78, 5) is 30.3. The molecule has 0 bridgehead atoms. The van der Waals surface area contributed by atoms with Gasteiger partial charge in [0.15, 0.2) is 11.5 Å². The number of amides is 2. The lowest BCUT2D eigenvalue weighted by molar-refractivity contribution is -0.132. The Balaban J connectivity index is 1.31. The van der Waals surface area contributed by atoms with E-state index in [-0.39, 0.29) is 31.2 Å². The molecule has 7 heteroatoms. The molecule has 2 aliphatic rings. The molecule has 1 fully saturated rings. The van der Waals surface area contributed by atoms with E-state index in [0.717, 1.165) is 36.3 Å². The van der Waals surface area contributed by atoms with Crippen molar-refractivity contribution in [2.24, 2.45) is 0 Å². The lowest BCUT2D eigenvalue weighted by atomic mass is 10.1. The van der Waals surface area contributed by atoms with Gasteiger partial charge >= 0.3 is 0 Å². The zero-order valence-electron chi connectivity index (χ0n) is 19.2. The molecule has 1 saturated carbocycles. The first-order chi connectivity index (χ1) is 16.6. The number of carbonyl (C=O) groups excluding carboxylic acids is 2. The number of carbonyl (C=O) groups is 2. The van der Waals surface area contributed by atoms with Crippen LogP contribution in [-0.4, -0.2) is 47.5 Å². The maximum atomic E-state index is 13.5. The van der Waals surface area contributed by atoms with Crippen LogP contribution in [0.5, 0.6) is 11.5 Å². The topological polar surface area (TPSA) is 72.2 Å². The van der Waals surface area contributed by atoms with Gasteiger partial charge in [-0.3, -0.25) is 9.59 Å². The maximum Gasteiger partial charge on any atom is 0.254 e. The molecule has 7 nitrogen and oxygen atoms in total. The molecule has 0 spiro atoms. The smallest absolute Gasteiger partial charge is 0.254 e. The van der Waals surface area contributed by atoms with E-state index in [1.54, 1.807) is 28.0 Å². The fraction of sp³-hybridized carbons (Fsp3) is 0.333. The van der Waals surface area contributed by atoms with E-state index in [1.807, 2.05) is 37.3 Å². The standard InChI is InChI=1S/C27H28N2O5/c1-19-7-11-23(34-19)16-28(14-13-20-5-3-2-4-6-20)26(30)17-29(22-9-10-22)27(31)21-8-12-24-25(15-21)33-18-32-24/h2-8,11-12,15,22H,9-10,13-14,16-18H2,1H3. The summed E-state index contributed by atoms with van der Waals surface area (Å²) in [5.41, 5.74) is 1.66. The van der Waals surface area contributed by atoms with Crippen molar-refractivity contribution in [1.29, 1.82) is 0 Å². The number of nitrogens with zero attached hydrogens (tertiary/aromatic N) is 2. The van der Waals surface area contributed by atoms with Gasteiger partial charge in [0.25, 0.3) is 5.91 Å². The third kappa shape index (κ3) is 5.09. The molecule has 0 unspecified atom stereocenters. The SMILES string of the molecule is Cc1ccc(CN(CCc2ccccc2)C(=O)CN(C(=O)c2ccc3c(c2)OCO3)C2CC2)o1. The largest absolute Gasteiger partial charge is 0.464 e. The second-order valence-electron chi connectivity index (χ2n) is 8.80. The van der Waals surface area contributed by atoms with E-state index in [4.69, 9.17) is 13.9 Å². The van der Waals surface area contributed by atoms with Crippen molar-refractivity contribution in [3.8, 4) is 11.5 Å². The maximum absolute atomic E-state index is 13.5. The summed E-state index contributed by atoms with van der Waals surface area (Å²) < 4.78 is 16.5. The number of furan rings is 1. The Morgan fingerprint density at radius 1 is 0.971 bits per heavy atom. The Morgan fingerprint density at radius 3 is 2.50 bits per heavy atom. The van der Waals surface area contributed by atoms with E-state index in [0.29, 0.717) is 30.2 Å². The second kappa shape index (κ2) is 9.63. The number of fused-ring (bicyclic) bond motifs is 1. The van der Waals surface area contributed by atoms with Gasteiger partial charge < -0.3 is 23.7 Å². The molecule has 2 amide bonds. The summed E-state index contributed by atoms with van der Waals surface area (Å²) in [5.74, 6) is 2.48. The van der Waals surface area contributed by atoms with E-state index in [1.165, 1.54) is 0 Å². The summed E-state index contributed by atoms with van der Waals surface area (Å²) >= 11 is 0. The number of aryl methyl sites for hydroxylation is 1. The number of rotatable bonds is 9. The molecule has 2 aromatic carbocycles. The summed E-state index contributed by atoms with van der Waals surface area (Å²) in [6.07, 6.45) is 2.54. The molecule has 34 heavy (non-hydrogen) atoms. The van der Waals surface area contributed by atoms with Gasteiger partial charge in [-0.1, -0.05) is 30.3 Å². The predicted octanol–water partition coefficient (Wildman–Crippen LogP) is 4.19. The fourth-order valence-corrected chi connectivity index (χ4v) is 4.15. The number of hydrogen-bond donors (Lipinski definition) is 0. The fourth-order valence-electron chi connectivity index (χ4n) is 4.15. The first-order valence-electron chi connectivity index (χ1n) is 11.6. The van der Waals surface area contributed by atoms with Gasteiger partial charge in [-0.05, 0) is 62.1 Å². The molecule has 3 aromatic rings. The molecular formula is C27H28N2O5. The van der Waals surface area contributed by atoms with Crippen molar-refractivity contribution in [3.05, 3.63) is 83.3 Å². The molecule has 0 N–H and O–H groups in total. The average molecular weight is 461 g/mol. The van der Waals surface area contributed by atoms with Gasteiger partial charge in [0.2, 0.25) is 12.7 Å². The van der Waals surface area contributed by atoms with E-state index < -0.39 is 0 Å². The lowest BCUT2D eigenvalue weighted by Crippen LogP contribution is -2.44. The van der Waals surface area contributed by atoms with Crippen LogP contribution in [0.15, 0.2) is 65.1 Å². The summed E-state index contributed by atoms with van der Waals surface area (Å²) in [5, 5.41) is 0. The normalized spacial score (nSPS) is 14.1. The van der Waals surface area contributed by atoms with Gasteiger partial charge in [0, 0.05) is 18.2 Å². The van der Waals surface area contributed by atoms with Crippen LogP contribution in [0.3, 0.4) is 0 Å². The number of benzene rings is 2.